The van der Waals surface area contributed by atoms with Gasteiger partial charge in [-0.05, 0) is 104 Å². The Morgan fingerprint density at radius 2 is 1.90 bits per heavy atom. The number of rotatable bonds is 9. The summed E-state index contributed by atoms with van der Waals surface area (Å²) >= 11 is 0. The first kappa shape index (κ1) is 29.7. The van der Waals surface area contributed by atoms with Crippen LogP contribution in [0.15, 0.2) is 23.0 Å². The van der Waals surface area contributed by atoms with Gasteiger partial charge in [0.1, 0.15) is 12.2 Å². The Morgan fingerprint density at radius 1 is 1.12 bits per heavy atom. The zero-order valence-electron chi connectivity index (χ0n) is 26.3. The summed E-state index contributed by atoms with van der Waals surface area (Å²) in [6.45, 7) is 16.3. The number of allylic oxidation sites excluding steroid dienone is 2. The van der Waals surface area contributed by atoms with Gasteiger partial charge in [-0.3, -0.25) is 9.59 Å². The topological polar surface area (TPSA) is 64.6 Å². The molecule has 0 aromatic heterocycles. The Balaban J connectivity index is 1.23. The van der Waals surface area contributed by atoms with Gasteiger partial charge in [-0.1, -0.05) is 46.3 Å². The van der Waals surface area contributed by atoms with Crippen molar-refractivity contribution in [3.63, 3.8) is 0 Å². The van der Waals surface area contributed by atoms with Crippen LogP contribution >= 0.6 is 0 Å². The predicted molar refractivity (Wildman–Crippen MR) is 159 cm³/mol. The first-order valence-corrected chi connectivity index (χ1v) is 16.4. The highest BCUT2D eigenvalue weighted by Crippen LogP contribution is 2.69. The molecular weight excluding hydrogens is 498 g/mol. The van der Waals surface area contributed by atoms with E-state index in [0.717, 1.165) is 62.8 Å². The molecule has 0 unspecified atom stereocenters. The number of esters is 1. The van der Waals surface area contributed by atoms with E-state index in [1.165, 1.54) is 37.0 Å². The summed E-state index contributed by atoms with van der Waals surface area (Å²) in [4.78, 5) is 23.7. The van der Waals surface area contributed by atoms with Crippen LogP contribution in [0.3, 0.4) is 0 Å². The summed E-state index contributed by atoms with van der Waals surface area (Å²) in [7, 11) is 0. The number of ether oxygens (including phenoxy) is 2. The van der Waals surface area contributed by atoms with E-state index in [1.54, 1.807) is 12.5 Å². The fourth-order valence-electron chi connectivity index (χ4n) is 9.76. The van der Waals surface area contributed by atoms with Crippen LogP contribution in [-0.4, -0.2) is 30.6 Å². The first-order valence-electron chi connectivity index (χ1n) is 16.4. The number of hydrogen-bond donors (Lipinski definition) is 1. The molecule has 0 bridgehead atoms. The molecule has 3 saturated carbocycles. The van der Waals surface area contributed by atoms with Gasteiger partial charge >= 0.3 is 5.97 Å². The van der Waals surface area contributed by atoms with E-state index in [1.807, 2.05) is 0 Å². The van der Waals surface area contributed by atoms with Gasteiger partial charge in [-0.2, -0.15) is 0 Å². The lowest BCUT2D eigenvalue weighted by atomic mass is 9.47. The van der Waals surface area contributed by atoms with Crippen LogP contribution in [0.4, 0.5) is 0 Å². The molecule has 0 aromatic carbocycles. The van der Waals surface area contributed by atoms with Crippen molar-refractivity contribution in [1.82, 2.24) is 5.32 Å². The van der Waals surface area contributed by atoms with Gasteiger partial charge in [0.2, 0.25) is 5.91 Å². The summed E-state index contributed by atoms with van der Waals surface area (Å²) in [5.41, 5.74) is 3.67. The third kappa shape index (κ3) is 5.52. The minimum atomic E-state index is -0.00695. The average molecular weight is 554 g/mol. The van der Waals surface area contributed by atoms with Crippen LogP contribution in [0.25, 0.3) is 0 Å². The molecule has 0 spiro atoms. The van der Waals surface area contributed by atoms with Crippen molar-refractivity contribution in [2.24, 2.45) is 46.3 Å². The second-order valence-electron chi connectivity index (χ2n) is 15.1. The second kappa shape index (κ2) is 11.5. The Morgan fingerprint density at radius 3 is 2.62 bits per heavy atom. The van der Waals surface area contributed by atoms with Crippen LogP contribution in [0, 0.1) is 46.3 Å². The van der Waals surface area contributed by atoms with Crippen LogP contribution in [0.1, 0.15) is 119 Å². The third-order valence-electron chi connectivity index (χ3n) is 12.1. The van der Waals surface area contributed by atoms with Crippen molar-refractivity contribution in [1.29, 1.82) is 0 Å². The van der Waals surface area contributed by atoms with Crippen molar-refractivity contribution in [2.45, 2.75) is 131 Å². The maximum atomic E-state index is 12.4. The van der Waals surface area contributed by atoms with Gasteiger partial charge in [0.05, 0.1) is 5.76 Å². The fourth-order valence-corrected chi connectivity index (χ4v) is 9.76. The number of hydrogen-bond acceptors (Lipinski definition) is 4. The van der Waals surface area contributed by atoms with Crippen LogP contribution in [-0.2, 0) is 19.1 Å². The van der Waals surface area contributed by atoms with Gasteiger partial charge in [-0.15, -0.1) is 0 Å². The molecule has 5 nitrogen and oxygen atoms in total. The molecule has 1 amide bonds. The fraction of sp³-hybridized carbons (Fsp3) is 0.829. The lowest BCUT2D eigenvalue weighted by molar-refractivity contribution is -0.151. The Bertz CT molecular complexity index is 1040. The van der Waals surface area contributed by atoms with Crippen molar-refractivity contribution in [3.8, 4) is 0 Å². The Labute approximate surface area is 243 Å². The number of amides is 1. The normalized spacial score (nSPS) is 39.0. The van der Waals surface area contributed by atoms with E-state index >= 15 is 0 Å². The number of carbonyl (C=O) groups is 2. The van der Waals surface area contributed by atoms with E-state index in [0.29, 0.717) is 35.7 Å². The van der Waals surface area contributed by atoms with Crippen molar-refractivity contribution in [2.75, 3.05) is 6.54 Å². The molecule has 0 saturated heterocycles. The molecule has 5 rings (SSSR count). The molecule has 1 aliphatic heterocycles. The molecule has 0 aromatic rings. The molecule has 1 heterocycles. The highest BCUT2D eigenvalue weighted by atomic mass is 16.5. The largest absolute Gasteiger partial charge is 0.494 e. The van der Waals surface area contributed by atoms with E-state index in [2.05, 4.69) is 52.9 Å². The molecule has 9 atom stereocenters. The SMILES string of the molecule is CC(=O)NC[C@H](C)CCC1=C(C)[C@@H]2[C@H](C[C@@H]3[C@@H]4CC=C5C[C@@H](OC(=O)CCC(C)C)CC[C@]5(C)[C@@H]4CC[C@@]32C)O1. The Hall–Kier alpha value is -1.78. The number of carbonyl (C=O) groups excluding carboxylic acids is 2. The van der Waals surface area contributed by atoms with E-state index < -0.39 is 0 Å². The third-order valence-corrected chi connectivity index (χ3v) is 12.1. The zero-order chi connectivity index (χ0) is 28.8. The van der Waals surface area contributed by atoms with Gasteiger partial charge in [0.25, 0.3) is 0 Å². The monoisotopic (exact) mass is 553 g/mol. The minimum absolute atomic E-state index is 0.00695. The molecule has 5 aliphatic rings. The molecule has 4 aliphatic carbocycles. The van der Waals surface area contributed by atoms with Gasteiger partial charge in [0, 0.05) is 38.6 Å². The van der Waals surface area contributed by atoms with Crippen LogP contribution < -0.4 is 5.32 Å². The molecule has 40 heavy (non-hydrogen) atoms. The number of fused-ring (bicyclic) bond motifs is 7. The standard InChI is InChI=1S/C35H55NO4/c1-21(2)8-13-32(38)39-26-14-16-34(6)25(18-26)10-11-27-28(34)15-17-35(7)29(27)19-31-33(35)23(4)30(40-31)12-9-22(3)20-36-24(5)37/h10,21-22,26-29,31,33H,8-9,11-20H2,1-7H3,(H,36,37)/t22-,26+,27-,28-,29-,31+,33-,34+,35+/m1/s1. The average Bonchev–Trinajstić information content (AvgIpc) is 3.38. The quantitative estimate of drug-likeness (QED) is 0.234. The number of nitrogens with one attached hydrogen (secondary N) is 1. The van der Waals surface area contributed by atoms with Gasteiger partial charge in [-0.25, -0.2) is 0 Å². The molecule has 5 heteroatoms. The molecule has 224 valence electrons. The smallest absolute Gasteiger partial charge is 0.306 e. The summed E-state index contributed by atoms with van der Waals surface area (Å²) in [5, 5.41) is 2.96. The molecule has 1 N–H and O–H groups in total. The summed E-state index contributed by atoms with van der Waals surface area (Å²) < 4.78 is 12.7. The highest BCUT2D eigenvalue weighted by Gasteiger charge is 2.63. The maximum absolute atomic E-state index is 12.4. The van der Waals surface area contributed by atoms with Gasteiger partial charge in [0.15, 0.2) is 0 Å². The second-order valence-corrected chi connectivity index (χ2v) is 15.1. The first-order chi connectivity index (χ1) is 18.9. The lowest BCUT2D eigenvalue weighted by Gasteiger charge is -2.58. The van der Waals surface area contributed by atoms with Gasteiger partial charge < -0.3 is 14.8 Å². The van der Waals surface area contributed by atoms with E-state index in [4.69, 9.17) is 9.47 Å². The zero-order valence-corrected chi connectivity index (χ0v) is 26.3. The van der Waals surface area contributed by atoms with E-state index in [9.17, 15) is 9.59 Å². The summed E-state index contributed by atoms with van der Waals surface area (Å²) in [6, 6.07) is 0. The van der Waals surface area contributed by atoms with Crippen molar-refractivity contribution in [3.05, 3.63) is 23.0 Å². The molecule has 3 fully saturated rings. The summed E-state index contributed by atoms with van der Waals surface area (Å²) in [5.74, 6) is 5.02. The predicted octanol–water partition coefficient (Wildman–Crippen LogP) is 7.75. The molecular formula is C35H55NO4. The lowest BCUT2D eigenvalue weighted by Crippen LogP contribution is -2.50. The Kier molecular flexibility index (Phi) is 8.52. The summed E-state index contributed by atoms with van der Waals surface area (Å²) in [6.07, 6.45) is 14.5. The minimum Gasteiger partial charge on any atom is -0.494 e. The van der Waals surface area contributed by atoms with Crippen LogP contribution in [0.2, 0.25) is 0 Å². The van der Waals surface area contributed by atoms with Crippen LogP contribution in [0.5, 0.6) is 0 Å². The highest BCUT2D eigenvalue weighted by molar-refractivity contribution is 5.72. The van der Waals surface area contributed by atoms with Crippen molar-refractivity contribution < 1.29 is 19.1 Å². The maximum Gasteiger partial charge on any atom is 0.306 e. The van der Waals surface area contributed by atoms with Crippen molar-refractivity contribution >= 4 is 11.9 Å². The van der Waals surface area contributed by atoms with E-state index in [-0.39, 0.29) is 23.4 Å². The molecule has 0 radical (unpaired) electrons.